The Bertz CT molecular complexity index is 665. The van der Waals surface area contributed by atoms with Crippen LogP contribution in [0.4, 0.5) is 5.69 Å². The molecule has 0 fully saturated rings. The average Bonchev–Trinajstić information content (AvgIpc) is 2.52. The van der Waals surface area contributed by atoms with Gasteiger partial charge in [-0.15, -0.1) is 0 Å². The van der Waals surface area contributed by atoms with Gasteiger partial charge >= 0.3 is 0 Å². The standard InChI is InChI=1S/C18H21N3S/c1-13-8-7-11-17(15(13)3)20-18(22)21-19-12-14(2)16-9-5-4-6-10-16/h4-12,14H,1-3H3,(H2,20,21,22)/b19-12-/t14-/m1/s1. The Labute approximate surface area is 137 Å². The molecule has 0 heterocycles. The molecule has 2 aromatic rings. The van der Waals surface area contributed by atoms with Gasteiger partial charge in [0, 0.05) is 17.8 Å². The van der Waals surface area contributed by atoms with Gasteiger partial charge in [-0.25, -0.2) is 0 Å². The fourth-order valence-corrected chi connectivity index (χ4v) is 2.25. The minimum Gasteiger partial charge on any atom is -0.331 e. The Morgan fingerprint density at radius 3 is 2.55 bits per heavy atom. The van der Waals surface area contributed by atoms with Crippen molar-refractivity contribution >= 4 is 29.2 Å². The first-order valence-corrected chi connectivity index (χ1v) is 7.70. The van der Waals surface area contributed by atoms with E-state index in [4.69, 9.17) is 12.2 Å². The molecule has 1 atom stereocenters. The SMILES string of the molecule is Cc1cccc(NC(=S)N/N=C\[C@@H](C)c2ccccc2)c1C. The zero-order chi connectivity index (χ0) is 15.9. The van der Waals surface area contributed by atoms with Crippen molar-refractivity contribution in [3.63, 3.8) is 0 Å². The highest BCUT2D eigenvalue weighted by atomic mass is 32.1. The second-order valence-electron chi connectivity index (χ2n) is 5.29. The number of nitrogens with one attached hydrogen (secondary N) is 2. The molecule has 0 aliphatic carbocycles. The van der Waals surface area contributed by atoms with Crippen LogP contribution in [0.15, 0.2) is 53.6 Å². The summed E-state index contributed by atoms with van der Waals surface area (Å²) in [5.74, 6) is 0.234. The van der Waals surface area contributed by atoms with Gasteiger partial charge in [0.25, 0.3) is 0 Å². The topological polar surface area (TPSA) is 36.4 Å². The third-order valence-corrected chi connectivity index (χ3v) is 3.84. The summed E-state index contributed by atoms with van der Waals surface area (Å²) in [6, 6.07) is 16.3. The second-order valence-corrected chi connectivity index (χ2v) is 5.70. The summed E-state index contributed by atoms with van der Waals surface area (Å²) in [5.41, 5.74) is 7.51. The van der Waals surface area contributed by atoms with Crippen LogP contribution in [-0.2, 0) is 0 Å². The van der Waals surface area contributed by atoms with Crippen LogP contribution in [0.1, 0.15) is 29.5 Å². The first-order chi connectivity index (χ1) is 10.6. The smallest absolute Gasteiger partial charge is 0.191 e. The van der Waals surface area contributed by atoms with E-state index in [1.807, 2.05) is 36.5 Å². The number of thiocarbonyl (C=S) groups is 1. The van der Waals surface area contributed by atoms with Crippen LogP contribution in [0, 0.1) is 13.8 Å². The predicted molar refractivity (Wildman–Crippen MR) is 98.6 cm³/mol. The minimum atomic E-state index is 0.234. The molecular formula is C18H21N3S. The van der Waals surface area contributed by atoms with E-state index in [9.17, 15) is 0 Å². The number of rotatable bonds is 4. The Morgan fingerprint density at radius 1 is 1.09 bits per heavy atom. The van der Waals surface area contributed by atoms with E-state index in [-0.39, 0.29) is 5.92 Å². The van der Waals surface area contributed by atoms with Crippen LogP contribution in [0.2, 0.25) is 0 Å². The first kappa shape index (κ1) is 16.2. The maximum atomic E-state index is 5.27. The van der Waals surface area contributed by atoms with Crippen molar-refractivity contribution in [3.05, 3.63) is 65.2 Å². The fourth-order valence-electron chi connectivity index (χ4n) is 2.09. The van der Waals surface area contributed by atoms with Crippen LogP contribution < -0.4 is 10.7 Å². The van der Waals surface area contributed by atoms with Gasteiger partial charge in [-0.3, -0.25) is 5.43 Å². The molecule has 2 N–H and O–H groups in total. The van der Waals surface area contributed by atoms with Crippen molar-refractivity contribution in [1.29, 1.82) is 0 Å². The molecule has 0 aliphatic rings. The molecule has 3 nitrogen and oxygen atoms in total. The lowest BCUT2D eigenvalue weighted by atomic mass is 10.0. The quantitative estimate of drug-likeness (QED) is 0.500. The van der Waals surface area contributed by atoms with Crippen LogP contribution in [-0.4, -0.2) is 11.3 Å². The highest BCUT2D eigenvalue weighted by Gasteiger charge is 2.03. The molecule has 0 aromatic heterocycles. The maximum absolute atomic E-state index is 5.27. The van der Waals surface area contributed by atoms with Crippen LogP contribution in [0.25, 0.3) is 0 Å². The van der Waals surface area contributed by atoms with Crippen LogP contribution in [0.3, 0.4) is 0 Å². The fraction of sp³-hybridized carbons (Fsp3) is 0.222. The number of benzene rings is 2. The summed E-state index contributed by atoms with van der Waals surface area (Å²) in [7, 11) is 0. The van der Waals surface area contributed by atoms with E-state index in [1.54, 1.807) is 0 Å². The molecule has 0 saturated carbocycles. The molecule has 0 spiro atoms. The lowest BCUT2D eigenvalue weighted by Gasteiger charge is -2.12. The molecule has 0 bridgehead atoms. The summed E-state index contributed by atoms with van der Waals surface area (Å²) in [6.07, 6.45) is 1.85. The lowest BCUT2D eigenvalue weighted by molar-refractivity contribution is 0.983. The van der Waals surface area contributed by atoms with Gasteiger partial charge in [0.2, 0.25) is 0 Å². The third-order valence-electron chi connectivity index (χ3n) is 3.64. The van der Waals surface area contributed by atoms with Gasteiger partial charge < -0.3 is 5.32 Å². The van der Waals surface area contributed by atoms with Crippen molar-refractivity contribution in [3.8, 4) is 0 Å². The molecule has 22 heavy (non-hydrogen) atoms. The van der Waals surface area contributed by atoms with Crippen molar-refractivity contribution < 1.29 is 0 Å². The number of hydrogen-bond donors (Lipinski definition) is 2. The van der Waals surface area contributed by atoms with Crippen molar-refractivity contribution in [1.82, 2.24) is 5.43 Å². The molecule has 4 heteroatoms. The Morgan fingerprint density at radius 2 is 1.82 bits per heavy atom. The van der Waals surface area contributed by atoms with Crippen LogP contribution in [0.5, 0.6) is 0 Å². The van der Waals surface area contributed by atoms with E-state index in [0.29, 0.717) is 5.11 Å². The Balaban J connectivity index is 1.90. The molecule has 0 radical (unpaired) electrons. The largest absolute Gasteiger partial charge is 0.331 e. The maximum Gasteiger partial charge on any atom is 0.191 e. The molecule has 2 rings (SSSR count). The van der Waals surface area contributed by atoms with Gasteiger partial charge in [-0.05, 0) is 48.8 Å². The van der Waals surface area contributed by atoms with Gasteiger partial charge in [-0.2, -0.15) is 5.10 Å². The van der Waals surface area contributed by atoms with Crippen molar-refractivity contribution in [2.24, 2.45) is 5.10 Å². The number of hydrogen-bond acceptors (Lipinski definition) is 2. The predicted octanol–water partition coefficient (Wildman–Crippen LogP) is 4.38. The summed E-state index contributed by atoms with van der Waals surface area (Å²) >= 11 is 5.27. The molecule has 0 aliphatic heterocycles. The van der Waals surface area contributed by atoms with E-state index >= 15 is 0 Å². The Hall–Kier alpha value is -2.20. The Kier molecular flexibility index (Phi) is 5.67. The normalized spacial score (nSPS) is 12.1. The van der Waals surface area contributed by atoms with E-state index in [0.717, 1.165) is 5.69 Å². The van der Waals surface area contributed by atoms with Gasteiger partial charge in [0.1, 0.15) is 0 Å². The van der Waals surface area contributed by atoms with E-state index in [1.165, 1.54) is 16.7 Å². The monoisotopic (exact) mass is 311 g/mol. The second kappa shape index (κ2) is 7.71. The minimum absolute atomic E-state index is 0.234. The number of hydrazone groups is 1. The summed E-state index contributed by atoms with van der Waals surface area (Å²) in [4.78, 5) is 0. The zero-order valence-corrected chi connectivity index (χ0v) is 13.9. The molecular weight excluding hydrogens is 290 g/mol. The summed E-state index contributed by atoms with van der Waals surface area (Å²) in [5, 5.41) is 7.88. The molecule has 114 valence electrons. The van der Waals surface area contributed by atoms with E-state index < -0.39 is 0 Å². The van der Waals surface area contributed by atoms with Gasteiger partial charge in [0.15, 0.2) is 5.11 Å². The molecule has 2 aromatic carbocycles. The molecule has 0 amide bonds. The van der Waals surface area contributed by atoms with E-state index in [2.05, 4.69) is 54.8 Å². The zero-order valence-electron chi connectivity index (χ0n) is 13.1. The molecule has 0 saturated heterocycles. The molecule has 0 unspecified atom stereocenters. The average molecular weight is 311 g/mol. The third kappa shape index (κ3) is 4.40. The number of nitrogens with zero attached hydrogens (tertiary/aromatic N) is 1. The summed E-state index contributed by atoms with van der Waals surface area (Å²) < 4.78 is 0. The van der Waals surface area contributed by atoms with Gasteiger partial charge in [-0.1, -0.05) is 49.4 Å². The highest BCUT2D eigenvalue weighted by Crippen LogP contribution is 2.17. The first-order valence-electron chi connectivity index (χ1n) is 7.29. The number of anilines is 1. The highest BCUT2D eigenvalue weighted by molar-refractivity contribution is 7.80. The lowest BCUT2D eigenvalue weighted by Crippen LogP contribution is -2.24. The van der Waals surface area contributed by atoms with Crippen molar-refractivity contribution in [2.75, 3.05) is 5.32 Å². The van der Waals surface area contributed by atoms with Crippen molar-refractivity contribution in [2.45, 2.75) is 26.7 Å². The van der Waals surface area contributed by atoms with Gasteiger partial charge in [0.05, 0.1) is 0 Å². The summed E-state index contributed by atoms with van der Waals surface area (Å²) in [6.45, 7) is 6.25. The van der Waals surface area contributed by atoms with Crippen LogP contribution >= 0.6 is 12.2 Å². The number of aryl methyl sites for hydroxylation is 1.